The van der Waals surface area contributed by atoms with Crippen LogP contribution in [0.25, 0.3) is 54.9 Å². The summed E-state index contributed by atoms with van der Waals surface area (Å²) in [4.78, 5) is 2.22. The zero-order valence-electron chi connectivity index (χ0n) is 21.5. The van der Waals surface area contributed by atoms with Crippen LogP contribution in [0.2, 0.25) is 5.02 Å². The Hall–Kier alpha value is -4.44. The van der Waals surface area contributed by atoms with Crippen molar-refractivity contribution in [3.8, 4) is 11.4 Å². The molecule has 0 aliphatic heterocycles. The van der Waals surface area contributed by atoms with Crippen molar-refractivity contribution < 1.29 is 0 Å². The lowest BCUT2D eigenvalue weighted by Gasteiger charge is -2.13. The predicted octanol–water partition coefficient (Wildman–Crippen LogP) is 10.7. The third kappa shape index (κ3) is 3.74. The first-order chi connectivity index (χ1) is 19.7. The minimum atomic E-state index is 0.760. The van der Waals surface area contributed by atoms with E-state index in [9.17, 15) is 0 Å². The number of hydrogen-bond donors (Lipinski definition) is 0. The fourth-order valence-electron chi connectivity index (χ4n) is 5.80. The van der Waals surface area contributed by atoms with E-state index in [-0.39, 0.29) is 0 Å². The van der Waals surface area contributed by atoms with Gasteiger partial charge >= 0.3 is 0 Å². The average Bonchev–Trinajstić information content (AvgIpc) is 3.56. The molecule has 0 spiro atoms. The van der Waals surface area contributed by atoms with E-state index in [1.165, 1.54) is 42.9 Å². The van der Waals surface area contributed by atoms with Crippen LogP contribution in [0.5, 0.6) is 0 Å². The summed E-state index contributed by atoms with van der Waals surface area (Å²) in [5.41, 5.74) is 5.73. The second-order valence-corrected chi connectivity index (χ2v) is 11.5. The van der Waals surface area contributed by atoms with Crippen molar-refractivity contribution in [2.24, 2.45) is 0 Å². The molecule has 2 heterocycles. The van der Waals surface area contributed by atoms with Gasteiger partial charge in [-0.05, 0) is 77.5 Å². The first-order valence-corrected chi connectivity index (χ1v) is 14.5. The van der Waals surface area contributed by atoms with E-state index in [1.807, 2.05) is 6.07 Å². The van der Waals surface area contributed by atoms with Crippen LogP contribution < -0.4 is 0 Å². The summed E-state index contributed by atoms with van der Waals surface area (Å²) in [5, 5.41) is 6.90. The summed E-state index contributed by atoms with van der Waals surface area (Å²) in [6, 6.07) is 47.4. The quantitative estimate of drug-likeness (QED) is 0.212. The van der Waals surface area contributed by atoms with Crippen molar-refractivity contribution in [3.63, 3.8) is 0 Å². The fraction of sp³-hybridized carbons (Fsp3) is 0. The molecule has 0 bridgehead atoms. The lowest BCUT2D eigenvalue weighted by molar-refractivity contribution is 1.12. The van der Waals surface area contributed by atoms with E-state index in [0.29, 0.717) is 0 Å². The number of halogens is 1. The highest BCUT2D eigenvalue weighted by Crippen LogP contribution is 2.38. The summed E-state index contributed by atoms with van der Waals surface area (Å²) in [6.07, 6.45) is 2.12. The van der Waals surface area contributed by atoms with E-state index in [0.717, 1.165) is 26.8 Å². The maximum Gasteiger partial charge on any atom is 0.0785 e. The van der Waals surface area contributed by atoms with Crippen molar-refractivity contribution >= 4 is 66.8 Å². The maximum absolute atomic E-state index is 7.00. The van der Waals surface area contributed by atoms with Crippen LogP contribution >= 0.6 is 23.4 Å². The van der Waals surface area contributed by atoms with E-state index in [4.69, 9.17) is 11.6 Å². The fourth-order valence-corrected chi connectivity index (χ4v) is 7.02. The smallest absolute Gasteiger partial charge is 0.0785 e. The lowest BCUT2D eigenvalue weighted by atomic mass is 10.1. The van der Waals surface area contributed by atoms with Crippen LogP contribution in [0.4, 0.5) is 0 Å². The molecule has 8 rings (SSSR count). The summed E-state index contributed by atoms with van der Waals surface area (Å²) >= 11 is 8.69. The van der Waals surface area contributed by atoms with Crippen LogP contribution in [0.1, 0.15) is 0 Å². The van der Waals surface area contributed by atoms with Crippen LogP contribution in [-0.2, 0) is 0 Å². The van der Waals surface area contributed by atoms with Gasteiger partial charge in [-0.3, -0.25) is 0 Å². The molecule has 4 heteroatoms. The largest absolute Gasteiger partial charge is 0.315 e. The Kier molecular flexibility index (Phi) is 5.47. The van der Waals surface area contributed by atoms with Crippen molar-refractivity contribution in [2.45, 2.75) is 9.79 Å². The molecule has 6 aromatic carbocycles. The number of para-hydroxylation sites is 2. The standard InChI is InChI=1S/C36H23ClN2S/c37-36-33(15-8-16-35(36)40-28-9-2-1-3-10-28)38-20-19-25-21-26-22-27(18-17-24(26)23-34(25)38)39-31-13-6-4-11-29(31)30-12-5-7-14-32(30)39/h1-23H. The molecule has 0 fully saturated rings. The van der Waals surface area contributed by atoms with Crippen molar-refractivity contribution in [2.75, 3.05) is 0 Å². The van der Waals surface area contributed by atoms with E-state index >= 15 is 0 Å². The third-order valence-electron chi connectivity index (χ3n) is 7.64. The van der Waals surface area contributed by atoms with E-state index in [2.05, 4.69) is 143 Å². The minimum absolute atomic E-state index is 0.760. The van der Waals surface area contributed by atoms with Gasteiger partial charge in [-0.15, -0.1) is 0 Å². The Morgan fingerprint density at radius 1 is 0.525 bits per heavy atom. The summed E-state index contributed by atoms with van der Waals surface area (Å²) in [5.74, 6) is 0. The number of aromatic nitrogens is 2. The molecule has 0 aliphatic rings. The van der Waals surface area contributed by atoms with Gasteiger partial charge in [0.1, 0.15) is 0 Å². The first kappa shape index (κ1) is 23.4. The van der Waals surface area contributed by atoms with Crippen LogP contribution in [0, 0.1) is 0 Å². The van der Waals surface area contributed by atoms with Gasteiger partial charge in [0, 0.05) is 37.8 Å². The zero-order chi connectivity index (χ0) is 26.6. The van der Waals surface area contributed by atoms with Gasteiger partial charge in [0.2, 0.25) is 0 Å². The SMILES string of the molecule is Clc1c(Sc2ccccc2)cccc1-n1ccc2cc3cc(-n4c5ccccc5c5ccccc54)ccc3cc21. The van der Waals surface area contributed by atoms with Gasteiger partial charge in [-0.25, -0.2) is 0 Å². The van der Waals surface area contributed by atoms with Crippen molar-refractivity contribution in [1.29, 1.82) is 0 Å². The monoisotopic (exact) mass is 550 g/mol. The Balaban J connectivity index is 1.25. The Labute approximate surface area is 241 Å². The van der Waals surface area contributed by atoms with Crippen LogP contribution in [0.3, 0.4) is 0 Å². The van der Waals surface area contributed by atoms with Gasteiger partial charge in [0.15, 0.2) is 0 Å². The summed E-state index contributed by atoms with van der Waals surface area (Å²) in [7, 11) is 0. The number of fused-ring (bicyclic) bond motifs is 5. The normalized spacial score (nSPS) is 11.7. The Morgan fingerprint density at radius 2 is 1.25 bits per heavy atom. The molecular formula is C36H23ClN2S. The molecule has 0 N–H and O–H groups in total. The highest BCUT2D eigenvalue weighted by molar-refractivity contribution is 7.99. The second kappa shape index (κ2) is 9.34. The van der Waals surface area contributed by atoms with Gasteiger partial charge in [0.05, 0.1) is 27.3 Å². The lowest BCUT2D eigenvalue weighted by Crippen LogP contribution is -1.95. The topological polar surface area (TPSA) is 9.86 Å². The highest BCUT2D eigenvalue weighted by atomic mass is 35.5. The maximum atomic E-state index is 7.00. The second-order valence-electron chi connectivity index (χ2n) is 10.0. The molecular weight excluding hydrogens is 528 g/mol. The molecule has 0 saturated heterocycles. The van der Waals surface area contributed by atoms with Crippen molar-refractivity contribution in [1.82, 2.24) is 9.13 Å². The number of benzene rings is 6. The third-order valence-corrected chi connectivity index (χ3v) is 9.22. The van der Waals surface area contributed by atoms with Crippen LogP contribution in [0.15, 0.2) is 149 Å². The molecule has 0 unspecified atom stereocenters. The molecule has 2 aromatic heterocycles. The number of nitrogens with zero attached hydrogens (tertiary/aromatic N) is 2. The molecule has 0 aliphatic carbocycles. The van der Waals surface area contributed by atoms with E-state index in [1.54, 1.807) is 11.8 Å². The molecule has 40 heavy (non-hydrogen) atoms. The molecule has 190 valence electrons. The molecule has 8 aromatic rings. The highest BCUT2D eigenvalue weighted by Gasteiger charge is 2.14. The number of hydrogen-bond acceptors (Lipinski definition) is 1. The van der Waals surface area contributed by atoms with Gasteiger partial charge < -0.3 is 9.13 Å². The molecule has 2 nitrogen and oxygen atoms in total. The molecule has 0 atom stereocenters. The first-order valence-electron chi connectivity index (χ1n) is 13.3. The zero-order valence-corrected chi connectivity index (χ0v) is 23.0. The summed E-state index contributed by atoms with van der Waals surface area (Å²) in [6.45, 7) is 0. The van der Waals surface area contributed by atoms with Gasteiger partial charge in [-0.1, -0.05) is 90.1 Å². The van der Waals surface area contributed by atoms with Crippen LogP contribution in [-0.4, -0.2) is 9.13 Å². The van der Waals surface area contributed by atoms with Gasteiger partial charge in [0.25, 0.3) is 0 Å². The van der Waals surface area contributed by atoms with E-state index < -0.39 is 0 Å². The number of rotatable bonds is 4. The molecule has 0 amide bonds. The Morgan fingerprint density at radius 3 is 2.02 bits per heavy atom. The molecule has 0 radical (unpaired) electrons. The van der Waals surface area contributed by atoms with Crippen molar-refractivity contribution in [3.05, 3.63) is 145 Å². The minimum Gasteiger partial charge on any atom is -0.315 e. The Bertz CT molecular complexity index is 2150. The summed E-state index contributed by atoms with van der Waals surface area (Å²) < 4.78 is 4.57. The predicted molar refractivity (Wildman–Crippen MR) is 171 cm³/mol. The molecule has 0 saturated carbocycles. The van der Waals surface area contributed by atoms with Gasteiger partial charge in [-0.2, -0.15) is 0 Å². The average molecular weight is 551 g/mol.